The summed E-state index contributed by atoms with van der Waals surface area (Å²) in [5.74, 6) is -0.508. The van der Waals surface area contributed by atoms with Crippen LogP contribution in [0, 0.1) is 22.9 Å². The fraction of sp³-hybridized carbons (Fsp3) is 0.278. The Bertz CT molecular complexity index is 817. The maximum atomic E-state index is 13.9. The number of amides is 1. The molecule has 0 spiro atoms. The molecular formula is C18H18FN3O3. The average molecular weight is 343 g/mol. The van der Waals surface area contributed by atoms with Crippen molar-refractivity contribution in [2.24, 2.45) is 0 Å². The number of nitrogens with zero attached hydrogens (tertiary/aromatic N) is 3. The first kappa shape index (κ1) is 16.9. The standard InChI is InChI=1S/C18H18FN3O3/c1-13-14(5-4-8-16(13)22(24)25)18(23)21-11-9-20(10-12-21)17-7-3-2-6-15(17)19/h2-8H,9-12H2,1H3. The molecular weight excluding hydrogens is 325 g/mol. The highest BCUT2D eigenvalue weighted by atomic mass is 19.1. The maximum Gasteiger partial charge on any atom is 0.273 e. The summed E-state index contributed by atoms with van der Waals surface area (Å²) in [6, 6.07) is 11.1. The molecule has 130 valence electrons. The topological polar surface area (TPSA) is 66.7 Å². The van der Waals surface area contributed by atoms with E-state index >= 15 is 0 Å². The van der Waals surface area contributed by atoms with Gasteiger partial charge in [-0.1, -0.05) is 18.2 Å². The summed E-state index contributed by atoms with van der Waals surface area (Å²) >= 11 is 0. The van der Waals surface area contributed by atoms with E-state index in [2.05, 4.69) is 0 Å². The van der Waals surface area contributed by atoms with E-state index in [1.165, 1.54) is 18.2 Å². The minimum absolute atomic E-state index is 0.0594. The summed E-state index contributed by atoms with van der Waals surface area (Å²) < 4.78 is 13.9. The Morgan fingerprint density at radius 3 is 2.40 bits per heavy atom. The van der Waals surface area contributed by atoms with Crippen molar-refractivity contribution in [3.05, 3.63) is 69.5 Å². The van der Waals surface area contributed by atoms with Crippen molar-refractivity contribution in [1.29, 1.82) is 0 Å². The minimum atomic E-state index is -0.484. The number of carbonyl (C=O) groups is 1. The van der Waals surface area contributed by atoms with Gasteiger partial charge in [0.25, 0.3) is 11.6 Å². The molecule has 1 aliphatic rings. The lowest BCUT2D eigenvalue weighted by molar-refractivity contribution is -0.385. The predicted molar refractivity (Wildman–Crippen MR) is 92.3 cm³/mol. The highest BCUT2D eigenvalue weighted by Gasteiger charge is 2.26. The second-order valence-electron chi connectivity index (χ2n) is 5.94. The molecule has 0 aliphatic carbocycles. The molecule has 1 heterocycles. The van der Waals surface area contributed by atoms with Gasteiger partial charge >= 0.3 is 0 Å². The van der Waals surface area contributed by atoms with Crippen LogP contribution in [0.15, 0.2) is 42.5 Å². The fourth-order valence-electron chi connectivity index (χ4n) is 3.08. The van der Waals surface area contributed by atoms with Gasteiger partial charge in [0.2, 0.25) is 0 Å². The summed E-state index contributed by atoms with van der Waals surface area (Å²) in [5.41, 5.74) is 1.18. The lowest BCUT2D eigenvalue weighted by atomic mass is 10.1. The molecule has 0 radical (unpaired) electrons. The van der Waals surface area contributed by atoms with Crippen LogP contribution in [0.5, 0.6) is 0 Å². The number of rotatable bonds is 3. The SMILES string of the molecule is Cc1c(C(=O)N2CCN(c3ccccc3F)CC2)cccc1[N+](=O)[O-]. The number of piperazine rings is 1. The highest BCUT2D eigenvalue weighted by molar-refractivity contribution is 5.96. The average Bonchev–Trinajstić information content (AvgIpc) is 2.62. The Morgan fingerprint density at radius 2 is 1.76 bits per heavy atom. The Balaban J connectivity index is 1.73. The van der Waals surface area contributed by atoms with E-state index in [4.69, 9.17) is 0 Å². The van der Waals surface area contributed by atoms with Crippen LogP contribution in [0.4, 0.5) is 15.8 Å². The Labute approximate surface area is 144 Å². The minimum Gasteiger partial charge on any atom is -0.366 e. The fourth-order valence-corrected chi connectivity index (χ4v) is 3.08. The monoisotopic (exact) mass is 343 g/mol. The number of nitro benzene ring substituents is 1. The molecule has 1 aliphatic heterocycles. The van der Waals surface area contributed by atoms with Crippen molar-refractivity contribution < 1.29 is 14.1 Å². The molecule has 0 saturated carbocycles. The third-order valence-electron chi connectivity index (χ3n) is 4.49. The van der Waals surface area contributed by atoms with Crippen molar-refractivity contribution in [3.8, 4) is 0 Å². The maximum absolute atomic E-state index is 13.9. The molecule has 0 aromatic heterocycles. The number of anilines is 1. The van der Waals surface area contributed by atoms with Crippen molar-refractivity contribution in [1.82, 2.24) is 4.90 Å². The Kier molecular flexibility index (Phi) is 4.65. The van der Waals surface area contributed by atoms with E-state index in [0.717, 1.165) is 0 Å². The van der Waals surface area contributed by atoms with Gasteiger partial charge in [-0.3, -0.25) is 14.9 Å². The molecule has 1 saturated heterocycles. The molecule has 0 bridgehead atoms. The van der Waals surface area contributed by atoms with Crippen LogP contribution in [0.1, 0.15) is 15.9 Å². The van der Waals surface area contributed by atoms with Crippen LogP contribution in [-0.4, -0.2) is 41.9 Å². The van der Waals surface area contributed by atoms with Crippen molar-refractivity contribution in [2.45, 2.75) is 6.92 Å². The number of benzene rings is 2. The predicted octanol–water partition coefficient (Wildman–Crippen LogP) is 3.00. The summed E-state index contributed by atoms with van der Waals surface area (Å²) in [7, 11) is 0. The molecule has 0 atom stereocenters. The molecule has 1 amide bonds. The smallest absolute Gasteiger partial charge is 0.273 e. The van der Waals surface area contributed by atoms with Gasteiger partial charge < -0.3 is 9.80 Å². The zero-order valence-electron chi connectivity index (χ0n) is 13.8. The molecule has 25 heavy (non-hydrogen) atoms. The van der Waals surface area contributed by atoms with Crippen LogP contribution >= 0.6 is 0 Å². The normalized spacial score (nSPS) is 14.5. The van der Waals surface area contributed by atoms with Gasteiger partial charge in [-0.05, 0) is 25.1 Å². The lowest BCUT2D eigenvalue weighted by Crippen LogP contribution is -2.49. The zero-order chi connectivity index (χ0) is 18.0. The van der Waals surface area contributed by atoms with E-state index in [9.17, 15) is 19.3 Å². The number of hydrogen-bond acceptors (Lipinski definition) is 4. The molecule has 2 aromatic carbocycles. The first-order chi connectivity index (χ1) is 12.0. The van der Waals surface area contributed by atoms with Crippen molar-refractivity contribution in [3.63, 3.8) is 0 Å². The number of nitro groups is 1. The van der Waals surface area contributed by atoms with Gasteiger partial charge in [-0.25, -0.2) is 4.39 Å². The quantitative estimate of drug-likeness (QED) is 0.635. The van der Waals surface area contributed by atoms with Gasteiger partial charge in [0, 0.05) is 43.4 Å². The summed E-state index contributed by atoms with van der Waals surface area (Å²) in [6.45, 7) is 3.49. The summed E-state index contributed by atoms with van der Waals surface area (Å²) in [6.07, 6.45) is 0. The molecule has 0 N–H and O–H groups in total. The molecule has 1 fully saturated rings. The largest absolute Gasteiger partial charge is 0.366 e. The van der Waals surface area contributed by atoms with Crippen LogP contribution < -0.4 is 4.90 Å². The first-order valence-electron chi connectivity index (χ1n) is 8.02. The number of halogens is 1. The molecule has 6 nitrogen and oxygen atoms in total. The van der Waals surface area contributed by atoms with Crippen LogP contribution in [0.2, 0.25) is 0 Å². The lowest BCUT2D eigenvalue weighted by Gasteiger charge is -2.36. The van der Waals surface area contributed by atoms with E-state index in [0.29, 0.717) is 43.0 Å². The van der Waals surface area contributed by atoms with E-state index < -0.39 is 4.92 Å². The first-order valence-corrected chi connectivity index (χ1v) is 8.02. The molecule has 2 aromatic rings. The van der Waals surface area contributed by atoms with Gasteiger partial charge in [-0.15, -0.1) is 0 Å². The third kappa shape index (κ3) is 3.31. The van der Waals surface area contributed by atoms with Gasteiger partial charge in [0.15, 0.2) is 0 Å². The summed E-state index contributed by atoms with van der Waals surface area (Å²) in [5, 5.41) is 11.0. The van der Waals surface area contributed by atoms with Crippen LogP contribution in [0.25, 0.3) is 0 Å². The molecule has 0 unspecified atom stereocenters. The zero-order valence-corrected chi connectivity index (χ0v) is 13.8. The summed E-state index contributed by atoms with van der Waals surface area (Å²) in [4.78, 5) is 26.8. The van der Waals surface area contributed by atoms with E-state index in [1.54, 1.807) is 36.1 Å². The second kappa shape index (κ2) is 6.88. The van der Waals surface area contributed by atoms with Gasteiger partial charge in [0.05, 0.1) is 10.6 Å². The van der Waals surface area contributed by atoms with Crippen LogP contribution in [0.3, 0.4) is 0 Å². The third-order valence-corrected chi connectivity index (χ3v) is 4.49. The number of para-hydroxylation sites is 1. The molecule has 3 rings (SSSR count). The van der Waals surface area contributed by atoms with Gasteiger partial charge in [0.1, 0.15) is 5.82 Å². The number of hydrogen-bond donors (Lipinski definition) is 0. The Morgan fingerprint density at radius 1 is 1.08 bits per heavy atom. The van der Waals surface area contributed by atoms with E-state index in [1.807, 2.05) is 4.90 Å². The highest BCUT2D eigenvalue weighted by Crippen LogP contribution is 2.24. The van der Waals surface area contributed by atoms with Crippen molar-refractivity contribution in [2.75, 3.05) is 31.1 Å². The van der Waals surface area contributed by atoms with E-state index in [-0.39, 0.29) is 17.4 Å². The van der Waals surface area contributed by atoms with Crippen LogP contribution in [-0.2, 0) is 0 Å². The second-order valence-corrected chi connectivity index (χ2v) is 5.94. The van der Waals surface area contributed by atoms with Gasteiger partial charge in [-0.2, -0.15) is 0 Å². The molecule has 7 heteroatoms. The van der Waals surface area contributed by atoms with Crippen molar-refractivity contribution >= 4 is 17.3 Å². The number of carbonyl (C=O) groups excluding carboxylic acids is 1. The Hall–Kier alpha value is -2.96.